The standard InChI is InChI=1S/C15H15BrO2S/c1-2-15(14(17)18,11-6-4-3-5-7-11)10-13-12(16)8-9-19-13/h3-9H,2,10H2,1H3,(H,17,18). The third-order valence-corrected chi connectivity index (χ3v) is 5.42. The molecule has 100 valence electrons. The van der Waals surface area contributed by atoms with Crippen LogP contribution in [-0.2, 0) is 16.6 Å². The molecule has 0 radical (unpaired) electrons. The molecule has 0 aliphatic heterocycles. The molecule has 1 N–H and O–H groups in total. The van der Waals surface area contributed by atoms with Crippen molar-refractivity contribution in [1.29, 1.82) is 0 Å². The Labute approximate surface area is 125 Å². The van der Waals surface area contributed by atoms with Crippen molar-refractivity contribution >= 4 is 33.2 Å². The zero-order valence-electron chi connectivity index (χ0n) is 10.6. The number of aliphatic carboxylic acids is 1. The Balaban J connectivity index is 2.47. The molecule has 2 nitrogen and oxygen atoms in total. The summed E-state index contributed by atoms with van der Waals surface area (Å²) < 4.78 is 0.993. The van der Waals surface area contributed by atoms with Gasteiger partial charge in [-0.15, -0.1) is 11.3 Å². The predicted molar refractivity (Wildman–Crippen MR) is 81.8 cm³/mol. The van der Waals surface area contributed by atoms with Gasteiger partial charge in [0.2, 0.25) is 0 Å². The molecular formula is C15H15BrO2S. The number of hydrogen-bond donors (Lipinski definition) is 1. The van der Waals surface area contributed by atoms with Crippen molar-refractivity contribution in [2.45, 2.75) is 25.2 Å². The minimum atomic E-state index is -0.853. The van der Waals surface area contributed by atoms with Crippen LogP contribution >= 0.6 is 27.3 Å². The number of thiophene rings is 1. The number of rotatable bonds is 5. The van der Waals surface area contributed by atoms with Gasteiger partial charge in [0.05, 0.1) is 5.41 Å². The quantitative estimate of drug-likeness (QED) is 0.872. The van der Waals surface area contributed by atoms with Crippen molar-refractivity contribution in [1.82, 2.24) is 0 Å². The van der Waals surface area contributed by atoms with Crippen molar-refractivity contribution < 1.29 is 9.90 Å². The zero-order chi connectivity index (χ0) is 13.9. The van der Waals surface area contributed by atoms with Gasteiger partial charge in [-0.3, -0.25) is 4.79 Å². The maximum absolute atomic E-state index is 11.9. The second-order valence-corrected chi connectivity index (χ2v) is 6.33. The van der Waals surface area contributed by atoms with Crippen LogP contribution in [0.3, 0.4) is 0 Å². The Bertz CT molecular complexity index is 565. The lowest BCUT2D eigenvalue weighted by molar-refractivity contribution is -0.144. The summed E-state index contributed by atoms with van der Waals surface area (Å²) in [7, 11) is 0. The summed E-state index contributed by atoms with van der Waals surface area (Å²) in [6, 6.07) is 11.5. The first kappa shape index (κ1) is 14.3. The molecule has 1 aromatic heterocycles. The van der Waals surface area contributed by atoms with Crippen LogP contribution < -0.4 is 0 Å². The number of carboxylic acids is 1. The van der Waals surface area contributed by atoms with E-state index in [0.29, 0.717) is 12.8 Å². The lowest BCUT2D eigenvalue weighted by Gasteiger charge is -2.28. The van der Waals surface area contributed by atoms with Gasteiger partial charge >= 0.3 is 5.97 Å². The fourth-order valence-electron chi connectivity index (χ4n) is 2.26. The zero-order valence-corrected chi connectivity index (χ0v) is 13.0. The fourth-order valence-corrected chi connectivity index (χ4v) is 3.87. The molecule has 2 rings (SSSR count). The molecule has 0 bridgehead atoms. The highest BCUT2D eigenvalue weighted by Gasteiger charge is 2.39. The van der Waals surface area contributed by atoms with Crippen molar-refractivity contribution in [3.8, 4) is 0 Å². The van der Waals surface area contributed by atoms with E-state index >= 15 is 0 Å². The highest BCUT2D eigenvalue weighted by molar-refractivity contribution is 9.10. The summed E-state index contributed by atoms with van der Waals surface area (Å²) in [5.41, 5.74) is 0.0135. The van der Waals surface area contributed by atoms with Crippen molar-refractivity contribution in [2.75, 3.05) is 0 Å². The van der Waals surface area contributed by atoms with E-state index in [9.17, 15) is 9.90 Å². The summed E-state index contributed by atoms with van der Waals surface area (Å²) in [6.45, 7) is 1.93. The Morgan fingerprint density at radius 1 is 1.32 bits per heavy atom. The van der Waals surface area contributed by atoms with Crippen molar-refractivity contribution in [2.24, 2.45) is 0 Å². The topological polar surface area (TPSA) is 37.3 Å². The molecule has 1 heterocycles. The molecule has 0 saturated heterocycles. The lowest BCUT2D eigenvalue weighted by atomic mass is 9.75. The van der Waals surface area contributed by atoms with E-state index in [1.807, 2.05) is 48.7 Å². The van der Waals surface area contributed by atoms with Crippen LogP contribution in [0.15, 0.2) is 46.3 Å². The monoisotopic (exact) mass is 338 g/mol. The Kier molecular flexibility index (Phi) is 4.42. The third kappa shape index (κ3) is 2.74. The van der Waals surface area contributed by atoms with Gasteiger partial charge in [-0.25, -0.2) is 0 Å². The average molecular weight is 339 g/mol. The lowest BCUT2D eigenvalue weighted by Crippen LogP contribution is -2.37. The van der Waals surface area contributed by atoms with E-state index in [1.54, 1.807) is 11.3 Å². The largest absolute Gasteiger partial charge is 0.481 e. The molecule has 0 amide bonds. The molecule has 0 saturated carbocycles. The molecule has 0 aliphatic carbocycles. The summed E-state index contributed by atoms with van der Waals surface area (Å²) in [5.74, 6) is -0.762. The molecule has 1 atom stereocenters. The average Bonchev–Trinajstić information content (AvgIpc) is 2.82. The van der Waals surface area contributed by atoms with Gasteiger partial charge in [0.1, 0.15) is 0 Å². The van der Waals surface area contributed by atoms with Crippen LogP contribution in [0.1, 0.15) is 23.8 Å². The van der Waals surface area contributed by atoms with Crippen LogP contribution in [-0.4, -0.2) is 11.1 Å². The van der Waals surface area contributed by atoms with Crippen LogP contribution in [0, 0.1) is 0 Å². The van der Waals surface area contributed by atoms with E-state index in [2.05, 4.69) is 15.9 Å². The normalized spacial score (nSPS) is 14.0. The van der Waals surface area contributed by atoms with Gasteiger partial charge in [0.25, 0.3) is 0 Å². The van der Waals surface area contributed by atoms with Gasteiger partial charge < -0.3 is 5.11 Å². The summed E-state index contributed by atoms with van der Waals surface area (Å²) in [6.07, 6.45) is 1.08. The third-order valence-electron chi connectivity index (χ3n) is 3.49. The molecule has 19 heavy (non-hydrogen) atoms. The number of carbonyl (C=O) groups is 1. The molecule has 2 aromatic rings. The second-order valence-electron chi connectivity index (χ2n) is 4.48. The molecular weight excluding hydrogens is 324 g/mol. The summed E-state index contributed by atoms with van der Waals surface area (Å²) >= 11 is 5.08. The smallest absolute Gasteiger partial charge is 0.314 e. The van der Waals surface area contributed by atoms with Crippen molar-refractivity contribution in [3.05, 3.63) is 56.7 Å². The van der Waals surface area contributed by atoms with Crippen molar-refractivity contribution in [3.63, 3.8) is 0 Å². The first-order valence-corrected chi connectivity index (χ1v) is 7.78. The minimum Gasteiger partial charge on any atom is -0.481 e. The molecule has 0 aliphatic rings. The highest BCUT2D eigenvalue weighted by Crippen LogP contribution is 2.36. The van der Waals surface area contributed by atoms with E-state index in [-0.39, 0.29) is 0 Å². The Hall–Kier alpha value is -1.13. The molecule has 1 unspecified atom stereocenters. The van der Waals surface area contributed by atoms with Crippen LogP contribution in [0.2, 0.25) is 0 Å². The van der Waals surface area contributed by atoms with E-state index in [4.69, 9.17) is 0 Å². The SMILES string of the molecule is CCC(Cc1sccc1Br)(C(=O)O)c1ccccc1. The molecule has 0 spiro atoms. The van der Waals surface area contributed by atoms with E-state index in [0.717, 1.165) is 14.9 Å². The number of carboxylic acid groups (broad SMARTS) is 1. The first-order valence-electron chi connectivity index (χ1n) is 6.11. The van der Waals surface area contributed by atoms with Gasteiger partial charge in [0, 0.05) is 15.8 Å². The minimum absolute atomic E-state index is 0.515. The summed E-state index contributed by atoms with van der Waals surface area (Å²) in [5, 5.41) is 11.7. The highest BCUT2D eigenvalue weighted by atomic mass is 79.9. The van der Waals surface area contributed by atoms with Gasteiger partial charge in [-0.1, -0.05) is 37.3 Å². The first-order chi connectivity index (χ1) is 9.10. The van der Waals surface area contributed by atoms with E-state index < -0.39 is 11.4 Å². The predicted octanol–water partition coefficient (Wildman–Crippen LogP) is 4.49. The molecule has 0 fully saturated rings. The van der Waals surface area contributed by atoms with Gasteiger partial charge in [0.15, 0.2) is 0 Å². The maximum atomic E-state index is 11.9. The number of hydrogen-bond acceptors (Lipinski definition) is 2. The van der Waals surface area contributed by atoms with Crippen LogP contribution in [0.4, 0.5) is 0 Å². The van der Waals surface area contributed by atoms with Crippen LogP contribution in [0.5, 0.6) is 0 Å². The van der Waals surface area contributed by atoms with Gasteiger partial charge in [-0.05, 0) is 39.4 Å². The Morgan fingerprint density at radius 2 is 2.00 bits per heavy atom. The molecule has 4 heteroatoms. The number of benzene rings is 1. The molecule has 1 aromatic carbocycles. The van der Waals surface area contributed by atoms with E-state index in [1.165, 1.54) is 0 Å². The number of halogens is 1. The van der Waals surface area contributed by atoms with Crippen LogP contribution in [0.25, 0.3) is 0 Å². The second kappa shape index (κ2) is 5.88. The van der Waals surface area contributed by atoms with Gasteiger partial charge in [-0.2, -0.15) is 0 Å². The summed E-state index contributed by atoms with van der Waals surface area (Å²) in [4.78, 5) is 13.0. The fraction of sp³-hybridized carbons (Fsp3) is 0.267. The Morgan fingerprint density at radius 3 is 2.47 bits per heavy atom. The maximum Gasteiger partial charge on any atom is 0.314 e.